The predicted octanol–water partition coefficient (Wildman–Crippen LogP) is 2.68. The summed E-state index contributed by atoms with van der Waals surface area (Å²) in [6, 6.07) is 14.1. The molecule has 0 aromatic heterocycles. The number of aliphatic hydroxyl groups excluding tert-OH is 1. The van der Waals surface area contributed by atoms with Gasteiger partial charge in [0.1, 0.15) is 5.75 Å². The monoisotopic (exact) mass is 407 g/mol. The number of hydrogen-bond donors (Lipinski definition) is 1. The predicted molar refractivity (Wildman–Crippen MR) is 116 cm³/mol. The van der Waals surface area contributed by atoms with Gasteiger partial charge >= 0.3 is 5.91 Å². The Kier molecular flexibility index (Phi) is 5.46. The Bertz CT molecular complexity index is 975. The van der Waals surface area contributed by atoms with Crippen molar-refractivity contribution >= 4 is 28.8 Å². The number of imide groups is 1. The molecule has 0 aliphatic carbocycles. The molecule has 2 aromatic rings. The van der Waals surface area contributed by atoms with Crippen LogP contribution in [0, 0.1) is 0 Å². The number of hydrogen-bond acceptors (Lipinski definition) is 6. The van der Waals surface area contributed by atoms with Crippen LogP contribution in [0.1, 0.15) is 12.5 Å². The number of benzene rings is 2. The summed E-state index contributed by atoms with van der Waals surface area (Å²) in [5.74, 6) is -1.12. The summed E-state index contributed by atoms with van der Waals surface area (Å²) in [4.78, 5) is 31.2. The van der Waals surface area contributed by atoms with E-state index in [-0.39, 0.29) is 5.57 Å². The smallest absolute Gasteiger partial charge is 0.301 e. The van der Waals surface area contributed by atoms with Crippen LogP contribution in [-0.4, -0.2) is 61.7 Å². The number of likely N-dealkylation sites (N-methyl/N-ethyl adjacent to an activating group) is 1. The number of anilines is 2. The molecule has 7 heteroatoms. The fourth-order valence-corrected chi connectivity index (χ4v) is 3.77. The summed E-state index contributed by atoms with van der Waals surface area (Å²) < 4.78 is 5.41. The maximum Gasteiger partial charge on any atom is 0.301 e. The van der Waals surface area contributed by atoms with E-state index in [1.165, 1.54) is 0 Å². The van der Waals surface area contributed by atoms with Crippen LogP contribution < -0.4 is 14.5 Å². The first kappa shape index (κ1) is 20.0. The highest BCUT2D eigenvalue weighted by molar-refractivity contribution is 6.44. The van der Waals surface area contributed by atoms with E-state index in [1.54, 1.807) is 36.4 Å². The van der Waals surface area contributed by atoms with Crippen LogP contribution >= 0.6 is 0 Å². The standard InChI is InChI=1S/C23H25N3O4/c1-3-30-19-10-4-16(5-11-19)20-21(27)23(29)26(22(20)28)18-8-6-17(7-9-18)25-14-12-24(2)13-15-25/h4-11,27H,3,12-15H2,1-2H3. The Hall–Kier alpha value is -3.32. The molecule has 0 spiro atoms. The molecule has 0 atom stereocenters. The van der Waals surface area contributed by atoms with E-state index < -0.39 is 17.6 Å². The van der Waals surface area contributed by atoms with Crippen molar-refractivity contribution in [2.24, 2.45) is 0 Å². The number of carbonyl (C=O) groups is 2. The van der Waals surface area contributed by atoms with Gasteiger partial charge in [0.2, 0.25) is 0 Å². The fourth-order valence-electron chi connectivity index (χ4n) is 3.77. The quantitative estimate of drug-likeness (QED) is 0.769. The third kappa shape index (κ3) is 3.64. The lowest BCUT2D eigenvalue weighted by atomic mass is 10.1. The van der Waals surface area contributed by atoms with E-state index in [4.69, 9.17) is 4.74 Å². The molecule has 1 fully saturated rings. The Morgan fingerprint density at radius 3 is 2.07 bits per heavy atom. The van der Waals surface area contributed by atoms with Gasteiger partial charge in [-0.3, -0.25) is 9.59 Å². The van der Waals surface area contributed by atoms with E-state index in [2.05, 4.69) is 16.8 Å². The second-order valence-corrected chi connectivity index (χ2v) is 7.43. The highest BCUT2D eigenvalue weighted by Crippen LogP contribution is 2.33. The zero-order valence-corrected chi connectivity index (χ0v) is 17.2. The Balaban J connectivity index is 1.54. The fraction of sp³-hybridized carbons (Fsp3) is 0.304. The van der Waals surface area contributed by atoms with Gasteiger partial charge in [0.25, 0.3) is 5.91 Å². The average molecular weight is 407 g/mol. The van der Waals surface area contributed by atoms with Gasteiger partial charge in [-0.25, -0.2) is 4.90 Å². The summed E-state index contributed by atoms with van der Waals surface area (Å²) in [6.45, 7) is 6.27. The van der Waals surface area contributed by atoms with Crippen molar-refractivity contribution in [3.63, 3.8) is 0 Å². The number of piperazine rings is 1. The summed E-state index contributed by atoms with van der Waals surface area (Å²) >= 11 is 0. The lowest BCUT2D eigenvalue weighted by Crippen LogP contribution is -2.44. The summed E-state index contributed by atoms with van der Waals surface area (Å²) in [6.07, 6.45) is 0. The first-order valence-corrected chi connectivity index (χ1v) is 10.1. The first-order valence-electron chi connectivity index (χ1n) is 10.1. The van der Waals surface area contributed by atoms with Crippen molar-refractivity contribution in [1.82, 2.24) is 4.90 Å². The number of carbonyl (C=O) groups excluding carboxylic acids is 2. The highest BCUT2D eigenvalue weighted by Gasteiger charge is 2.40. The van der Waals surface area contributed by atoms with Gasteiger partial charge in [0, 0.05) is 31.9 Å². The maximum atomic E-state index is 13.0. The van der Waals surface area contributed by atoms with Gasteiger partial charge in [-0.05, 0) is 55.9 Å². The van der Waals surface area contributed by atoms with Gasteiger partial charge in [0.05, 0.1) is 17.9 Å². The van der Waals surface area contributed by atoms with Crippen molar-refractivity contribution in [3.8, 4) is 5.75 Å². The molecule has 2 aromatic carbocycles. The molecule has 2 heterocycles. The van der Waals surface area contributed by atoms with Crippen molar-refractivity contribution in [1.29, 1.82) is 0 Å². The minimum Gasteiger partial charge on any atom is -0.502 e. The van der Waals surface area contributed by atoms with E-state index in [0.717, 1.165) is 36.8 Å². The second-order valence-electron chi connectivity index (χ2n) is 7.43. The summed E-state index contributed by atoms with van der Waals surface area (Å²) in [5.41, 5.74) is 1.97. The molecule has 1 N–H and O–H groups in total. The lowest BCUT2D eigenvalue weighted by Gasteiger charge is -2.34. The highest BCUT2D eigenvalue weighted by atomic mass is 16.5. The van der Waals surface area contributed by atoms with Crippen molar-refractivity contribution in [2.75, 3.05) is 49.6 Å². The van der Waals surface area contributed by atoms with Crippen molar-refractivity contribution in [2.45, 2.75) is 6.92 Å². The van der Waals surface area contributed by atoms with Gasteiger partial charge in [-0.1, -0.05) is 12.1 Å². The zero-order valence-electron chi connectivity index (χ0n) is 17.2. The Morgan fingerprint density at radius 2 is 1.47 bits per heavy atom. The molecule has 2 aliphatic heterocycles. The van der Waals surface area contributed by atoms with Crippen LogP contribution in [0.15, 0.2) is 54.3 Å². The van der Waals surface area contributed by atoms with Crippen LogP contribution in [0.5, 0.6) is 5.75 Å². The molecule has 7 nitrogen and oxygen atoms in total. The number of ether oxygens (including phenoxy) is 1. The molecular weight excluding hydrogens is 382 g/mol. The SMILES string of the molecule is CCOc1ccc(C2=C(O)C(=O)N(c3ccc(N4CCN(C)CC4)cc3)C2=O)cc1. The van der Waals surface area contributed by atoms with Gasteiger partial charge in [0.15, 0.2) is 5.76 Å². The van der Waals surface area contributed by atoms with Crippen molar-refractivity contribution < 1.29 is 19.4 Å². The molecule has 156 valence electrons. The minimum atomic E-state index is -0.712. The van der Waals surface area contributed by atoms with Crippen LogP contribution in [0.3, 0.4) is 0 Å². The van der Waals surface area contributed by atoms with Crippen LogP contribution in [-0.2, 0) is 9.59 Å². The first-order chi connectivity index (χ1) is 14.5. The largest absolute Gasteiger partial charge is 0.502 e. The van der Waals surface area contributed by atoms with Gasteiger partial charge < -0.3 is 19.6 Å². The minimum absolute atomic E-state index is 0.00573. The van der Waals surface area contributed by atoms with Crippen LogP contribution in [0.2, 0.25) is 0 Å². The average Bonchev–Trinajstić information content (AvgIpc) is 2.98. The van der Waals surface area contributed by atoms with Crippen molar-refractivity contribution in [3.05, 3.63) is 59.9 Å². The number of nitrogens with zero attached hydrogens (tertiary/aromatic N) is 3. The molecule has 1 saturated heterocycles. The van der Waals surface area contributed by atoms with E-state index >= 15 is 0 Å². The third-order valence-corrected chi connectivity index (χ3v) is 5.49. The van der Waals surface area contributed by atoms with E-state index in [0.29, 0.717) is 23.6 Å². The molecule has 0 unspecified atom stereocenters. The summed E-state index contributed by atoms with van der Waals surface area (Å²) in [5, 5.41) is 10.4. The molecule has 2 amide bonds. The van der Waals surface area contributed by atoms with Gasteiger partial charge in [-0.2, -0.15) is 0 Å². The molecule has 30 heavy (non-hydrogen) atoms. The molecular formula is C23H25N3O4. The Morgan fingerprint density at radius 1 is 0.867 bits per heavy atom. The third-order valence-electron chi connectivity index (χ3n) is 5.49. The number of rotatable bonds is 5. The van der Waals surface area contributed by atoms with E-state index in [9.17, 15) is 14.7 Å². The van der Waals surface area contributed by atoms with E-state index in [1.807, 2.05) is 19.1 Å². The lowest BCUT2D eigenvalue weighted by molar-refractivity contribution is -0.121. The normalized spacial score (nSPS) is 17.8. The summed E-state index contributed by atoms with van der Waals surface area (Å²) in [7, 11) is 2.10. The van der Waals surface area contributed by atoms with Crippen LogP contribution in [0.25, 0.3) is 5.57 Å². The molecule has 0 bridgehead atoms. The molecule has 4 rings (SSSR count). The van der Waals surface area contributed by atoms with Crippen LogP contribution in [0.4, 0.5) is 11.4 Å². The number of amides is 2. The molecule has 0 radical (unpaired) electrons. The topological polar surface area (TPSA) is 73.3 Å². The molecule has 0 saturated carbocycles. The maximum absolute atomic E-state index is 13.0. The van der Waals surface area contributed by atoms with Gasteiger partial charge in [-0.15, -0.1) is 0 Å². The zero-order chi connectivity index (χ0) is 21.3. The number of aliphatic hydroxyl groups is 1. The second kappa shape index (κ2) is 8.20. The Labute approximate surface area is 175 Å². The molecule has 2 aliphatic rings.